The van der Waals surface area contributed by atoms with E-state index >= 15 is 0 Å². The topological polar surface area (TPSA) is 129 Å². The Bertz CT molecular complexity index is 705. The van der Waals surface area contributed by atoms with Crippen LogP contribution >= 0.6 is 0 Å². The van der Waals surface area contributed by atoms with Crippen LogP contribution < -0.4 is 10.6 Å². The molecule has 1 rings (SSSR count). The second kappa shape index (κ2) is 8.89. The number of methoxy groups -OCH3 is 1. The Kier molecular flexibility index (Phi) is 7.21. The molecule has 0 aliphatic carbocycles. The van der Waals surface area contributed by atoms with Gasteiger partial charge < -0.3 is 15.4 Å². The summed E-state index contributed by atoms with van der Waals surface area (Å²) in [6.45, 7) is 0.888. The van der Waals surface area contributed by atoms with Crippen LogP contribution in [0.25, 0.3) is 0 Å². The van der Waals surface area contributed by atoms with E-state index in [1.807, 2.05) is 0 Å². The maximum Gasteiger partial charge on any atom is 0.294 e. The van der Waals surface area contributed by atoms with Crippen LogP contribution in [-0.4, -0.2) is 39.1 Å². The van der Waals surface area contributed by atoms with E-state index in [4.69, 9.17) is 14.6 Å². The van der Waals surface area contributed by atoms with E-state index < -0.39 is 16.0 Å². The monoisotopic (exact) mass is 339 g/mol. The summed E-state index contributed by atoms with van der Waals surface area (Å²) in [6.07, 6.45) is 1.85. The fourth-order valence-corrected chi connectivity index (χ4v) is 2.02. The number of carbonyl (C=O) groups excluding carboxylic acids is 1. The molecule has 3 N–H and O–H groups in total. The van der Waals surface area contributed by atoms with E-state index in [0.29, 0.717) is 25.3 Å². The minimum Gasteiger partial charge on any atom is -0.385 e. The number of nitrogens with zero attached hydrogens (tertiary/aromatic N) is 1. The van der Waals surface area contributed by atoms with Crippen molar-refractivity contribution in [2.75, 3.05) is 25.6 Å². The minimum absolute atomic E-state index is 0.124. The lowest BCUT2D eigenvalue weighted by Gasteiger charge is -2.05. The summed E-state index contributed by atoms with van der Waals surface area (Å²) < 4.78 is 35.5. The van der Waals surface area contributed by atoms with Gasteiger partial charge in [-0.25, -0.2) is 0 Å². The second-order valence-corrected chi connectivity index (χ2v) is 5.84. The van der Waals surface area contributed by atoms with Gasteiger partial charge in [-0.1, -0.05) is 0 Å². The first-order valence-corrected chi connectivity index (χ1v) is 8.04. The zero-order valence-corrected chi connectivity index (χ0v) is 13.3. The standard InChI is InChI=1S/C14H17N3O5S/c1-22-8-2-7-16-14(18)11(9-15)10-17-12-3-5-13(6-4-12)23(19,20)21/h3-6,10,17H,2,7-8H2,1H3,(H,16,18)(H,19,20,21)/b11-10-. The Balaban J connectivity index is 2.66. The van der Waals surface area contributed by atoms with Crippen molar-refractivity contribution >= 4 is 21.7 Å². The van der Waals surface area contributed by atoms with E-state index in [1.54, 1.807) is 13.2 Å². The first-order valence-electron chi connectivity index (χ1n) is 6.60. The van der Waals surface area contributed by atoms with Gasteiger partial charge in [-0.15, -0.1) is 0 Å². The number of hydrogen-bond acceptors (Lipinski definition) is 6. The largest absolute Gasteiger partial charge is 0.385 e. The van der Waals surface area contributed by atoms with Crippen LogP contribution in [0.3, 0.4) is 0 Å². The van der Waals surface area contributed by atoms with Crippen LogP contribution in [0, 0.1) is 11.3 Å². The van der Waals surface area contributed by atoms with Crippen molar-refractivity contribution in [2.45, 2.75) is 11.3 Å². The quantitative estimate of drug-likeness (QED) is 0.278. The summed E-state index contributed by atoms with van der Waals surface area (Å²) in [4.78, 5) is 11.5. The van der Waals surface area contributed by atoms with Crippen LogP contribution in [0.4, 0.5) is 5.69 Å². The fourth-order valence-electron chi connectivity index (χ4n) is 1.54. The Morgan fingerprint density at radius 1 is 1.39 bits per heavy atom. The molecule has 0 fully saturated rings. The van der Waals surface area contributed by atoms with Crippen LogP contribution in [0.15, 0.2) is 40.9 Å². The van der Waals surface area contributed by atoms with Crippen LogP contribution in [0.5, 0.6) is 0 Å². The number of amides is 1. The third-order valence-corrected chi connectivity index (χ3v) is 3.58. The summed E-state index contributed by atoms with van der Waals surface area (Å²) in [5.74, 6) is -0.523. The highest BCUT2D eigenvalue weighted by Crippen LogP contribution is 2.13. The predicted octanol–water partition coefficient (Wildman–Crippen LogP) is 0.905. The summed E-state index contributed by atoms with van der Waals surface area (Å²) in [6, 6.07) is 6.95. The summed E-state index contributed by atoms with van der Waals surface area (Å²) in [5.41, 5.74) is 0.332. The molecule has 0 spiro atoms. The van der Waals surface area contributed by atoms with Gasteiger partial charge in [-0.05, 0) is 30.7 Å². The van der Waals surface area contributed by atoms with Gasteiger partial charge in [-0.2, -0.15) is 13.7 Å². The van der Waals surface area contributed by atoms with Crippen molar-refractivity contribution in [1.82, 2.24) is 5.32 Å². The van der Waals surface area contributed by atoms with Crippen molar-refractivity contribution in [3.8, 4) is 6.07 Å². The molecule has 0 aromatic heterocycles. The van der Waals surface area contributed by atoms with Gasteiger partial charge in [-0.3, -0.25) is 9.35 Å². The van der Waals surface area contributed by atoms with E-state index in [1.165, 1.54) is 30.5 Å². The molecule has 0 heterocycles. The number of carbonyl (C=O) groups is 1. The molecule has 0 bridgehead atoms. The van der Waals surface area contributed by atoms with Gasteiger partial charge in [0.2, 0.25) is 0 Å². The molecule has 0 aliphatic heterocycles. The maximum atomic E-state index is 11.7. The maximum absolute atomic E-state index is 11.7. The zero-order chi connectivity index (χ0) is 17.3. The molecule has 124 valence electrons. The smallest absolute Gasteiger partial charge is 0.294 e. The average molecular weight is 339 g/mol. The Labute approximate surface area is 134 Å². The lowest BCUT2D eigenvalue weighted by molar-refractivity contribution is -0.117. The normalized spacial score (nSPS) is 11.6. The SMILES string of the molecule is COCCCNC(=O)/C(C#N)=C\Nc1ccc(S(=O)(=O)O)cc1. The lowest BCUT2D eigenvalue weighted by atomic mass is 10.2. The van der Waals surface area contributed by atoms with Crippen LogP contribution in [0.2, 0.25) is 0 Å². The van der Waals surface area contributed by atoms with Gasteiger partial charge in [0.05, 0.1) is 4.90 Å². The molecule has 23 heavy (non-hydrogen) atoms. The molecule has 0 unspecified atom stereocenters. The highest BCUT2D eigenvalue weighted by Gasteiger charge is 2.09. The fraction of sp³-hybridized carbons (Fsp3) is 0.286. The first kappa shape index (κ1) is 18.6. The van der Waals surface area contributed by atoms with Crippen molar-refractivity contribution in [3.05, 3.63) is 36.0 Å². The minimum atomic E-state index is -4.25. The molecule has 1 amide bonds. The number of nitriles is 1. The van der Waals surface area contributed by atoms with E-state index in [9.17, 15) is 13.2 Å². The molecule has 0 radical (unpaired) electrons. The molecule has 1 aromatic rings. The molecule has 1 aromatic carbocycles. The van der Waals surface area contributed by atoms with Gasteiger partial charge in [0.15, 0.2) is 0 Å². The second-order valence-electron chi connectivity index (χ2n) is 4.42. The van der Waals surface area contributed by atoms with Crippen molar-refractivity contribution in [2.24, 2.45) is 0 Å². The molecular weight excluding hydrogens is 322 g/mol. The summed E-state index contributed by atoms with van der Waals surface area (Å²) >= 11 is 0. The lowest BCUT2D eigenvalue weighted by Crippen LogP contribution is -2.26. The first-order chi connectivity index (χ1) is 10.9. The van der Waals surface area contributed by atoms with E-state index in [-0.39, 0.29) is 10.5 Å². The van der Waals surface area contributed by atoms with Gasteiger partial charge >= 0.3 is 0 Å². The van der Waals surface area contributed by atoms with E-state index in [0.717, 1.165) is 0 Å². The van der Waals surface area contributed by atoms with Crippen LogP contribution in [-0.2, 0) is 19.6 Å². The highest BCUT2D eigenvalue weighted by atomic mass is 32.2. The predicted molar refractivity (Wildman–Crippen MR) is 83.1 cm³/mol. The van der Waals surface area contributed by atoms with E-state index in [2.05, 4.69) is 10.6 Å². The third kappa shape index (κ3) is 6.48. The molecule has 0 aliphatic rings. The number of benzene rings is 1. The molecule has 8 nitrogen and oxygen atoms in total. The van der Waals surface area contributed by atoms with Crippen molar-refractivity contribution < 1.29 is 22.5 Å². The highest BCUT2D eigenvalue weighted by molar-refractivity contribution is 7.85. The Hall–Kier alpha value is -2.41. The van der Waals surface area contributed by atoms with Gasteiger partial charge in [0, 0.05) is 32.1 Å². The van der Waals surface area contributed by atoms with Crippen molar-refractivity contribution in [3.63, 3.8) is 0 Å². The molecule has 0 saturated carbocycles. The zero-order valence-electron chi connectivity index (χ0n) is 12.4. The number of anilines is 1. The van der Waals surface area contributed by atoms with Gasteiger partial charge in [0.25, 0.3) is 16.0 Å². The van der Waals surface area contributed by atoms with Crippen molar-refractivity contribution in [1.29, 1.82) is 5.26 Å². The van der Waals surface area contributed by atoms with Crippen LogP contribution in [0.1, 0.15) is 6.42 Å². The van der Waals surface area contributed by atoms with Gasteiger partial charge in [0.1, 0.15) is 11.6 Å². The number of nitrogens with one attached hydrogen (secondary N) is 2. The summed E-state index contributed by atoms with van der Waals surface area (Å²) in [5, 5.41) is 14.3. The molecule has 0 saturated heterocycles. The number of rotatable bonds is 8. The Morgan fingerprint density at radius 3 is 2.57 bits per heavy atom. The number of ether oxygens (including phenoxy) is 1. The molecular formula is C14H17N3O5S. The number of hydrogen-bond donors (Lipinski definition) is 3. The third-order valence-electron chi connectivity index (χ3n) is 2.71. The summed E-state index contributed by atoms with van der Waals surface area (Å²) in [7, 11) is -2.70. The molecule has 0 atom stereocenters. The Morgan fingerprint density at radius 2 is 2.04 bits per heavy atom. The average Bonchev–Trinajstić information content (AvgIpc) is 2.52. The molecule has 9 heteroatoms.